The number of aliphatic hydroxyl groups is 1. The average Bonchev–Trinajstić information content (AvgIpc) is 2.58. The predicted octanol–water partition coefficient (Wildman–Crippen LogP) is 1.76. The van der Waals surface area contributed by atoms with E-state index in [1.165, 1.54) is 0 Å². The first-order valence-electron chi connectivity index (χ1n) is 7.02. The lowest BCUT2D eigenvalue weighted by Gasteiger charge is -2.35. The van der Waals surface area contributed by atoms with E-state index in [1.807, 2.05) is 34.6 Å². The minimum atomic E-state index is -0.701. The second kappa shape index (κ2) is 6.74. The Hall–Kier alpha value is -0.850. The highest BCUT2D eigenvalue weighted by atomic mass is 16.6. The van der Waals surface area contributed by atoms with Gasteiger partial charge in [0.15, 0.2) is 0 Å². The molecule has 0 aromatic carbocycles. The third-order valence-electron chi connectivity index (χ3n) is 2.92. The average molecular weight is 289 g/mol. The lowest BCUT2D eigenvalue weighted by molar-refractivity contribution is -0.0656. The molecule has 1 atom stereocenters. The van der Waals surface area contributed by atoms with Crippen LogP contribution in [0.3, 0.4) is 0 Å². The Morgan fingerprint density at radius 2 is 2.10 bits per heavy atom. The van der Waals surface area contributed by atoms with Gasteiger partial charge in [0.25, 0.3) is 0 Å². The lowest BCUT2D eigenvalue weighted by Crippen LogP contribution is -2.51. The molecule has 1 N–H and O–H groups in total. The van der Waals surface area contributed by atoms with Crippen molar-refractivity contribution in [3.8, 4) is 0 Å². The molecule has 0 bridgehead atoms. The molecule has 1 fully saturated rings. The Balaban J connectivity index is 2.63. The lowest BCUT2D eigenvalue weighted by atomic mass is 10.2. The van der Waals surface area contributed by atoms with Crippen LogP contribution in [-0.2, 0) is 14.2 Å². The minimum absolute atomic E-state index is 0.0996. The van der Waals surface area contributed by atoms with Gasteiger partial charge in [0, 0.05) is 13.2 Å². The summed E-state index contributed by atoms with van der Waals surface area (Å²) in [6.07, 6.45) is 0.194. The van der Waals surface area contributed by atoms with Crippen LogP contribution in [-0.4, -0.2) is 59.9 Å². The number of hydrogen-bond acceptors (Lipinski definition) is 5. The van der Waals surface area contributed by atoms with Crippen molar-refractivity contribution in [2.45, 2.75) is 58.4 Å². The van der Waals surface area contributed by atoms with E-state index < -0.39 is 17.4 Å². The summed E-state index contributed by atoms with van der Waals surface area (Å²) in [5, 5.41) is 8.72. The Kier molecular flexibility index (Phi) is 5.79. The van der Waals surface area contributed by atoms with E-state index >= 15 is 0 Å². The summed E-state index contributed by atoms with van der Waals surface area (Å²) >= 11 is 0. The molecule has 0 unspecified atom stereocenters. The molecule has 1 amide bonds. The number of nitrogens with zero attached hydrogens (tertiary/aromatic N) is 1. The maximum Gasteiger partial charge on any atom is 0.412 e. The van der Waals surface area contributed by atoms with Crippen molar-refractivity contribution < 1.29 is 24.1 Å². The van der Waals surface area contributed by atoms with Crippen LogP contribution in [0.1, 0.15) is 41.0 Å². The number of hydrogen-bond donors (Lipinski definition) is 1. The Morgan fingerprint density at radius 1 is 1.45 bits per heavy atom. The molecule has 20 heavy (non-hydrogen) atoms. The normalized spacial score (nSPS) is 22.1. The zero-order valence-electron chi connectivity index (χ0n) is 13.1. The van der Waals surface area contributed by atoms with Crippen LogP contribution in [0.2, 0.25) is 0 Å². The fraction of sp³-hybridized carbons (Fsp3) is 0.929. The Bertz CT molecular complexity index is 324. The van der Waals surface area contributed by atoms with Gasteiger partial charge in [0.2, 0.25) is 0 Å². The summed E-state index contributed by atoms with van der Waals surface area (Å²) < 4.78 is 16.6. The number of carbonyl (C=O) groups excluding carboxylic acids is 1. The minimum Gasteiger partial charge on any atom is -0.444 e. The first kappa shape index (κ1) is 17.2. The second-order valence-corrected chi connectivity index (χ2v) is 6.41. The van der Waals surface area contributed by atoms with Crippen molar-refractivity contribution in [2.75, 3.05) is 26.4 Å². The summed E-state index contributed by atoms with van der Waals surface area (Å²) in [5.74, 6) is 0. The summed E-state index contributed by atoms with van der Waals surface area (Å²) in [7, 11) is 0. The highest BCUT2D eigenvalue weighted by Crippen LogP contribution is 2.29. The van der Waals surface area contributed by atoms with E-state index in [4.69, 9.17) is 19.3 Å². The van der Waals surface area contributed by atoms with Gasteiger partial charge in [0.05, 0.1) is 19.3 Å². The molecule has 0 radical (unpaired) electrons. The molecule has 6 heteroatoms. The van der Waals surface area contributed by atoms with Crippen LogP contribution in [0.4, 0.5) is 4.79 Å². The van der Waals surface area contributed by atoms with Crippen molar-refractivity contribution in [1.29, 1.82) is 0 Å². The van der Waals surface area contributed by atoms with E-state index in [2.05, 4.69) is 0 Å². The smallest absolute Gasteiger partial charge is 0.412 e. The quantitative estimate of drug-likeness (QED) is 0.781. The van der Waals surface area contributed by atoms with Crippen LogP contribution < -0.4 is 0 Å². The van der Waals surface area contributed by atoms with E-state index in [-0.39, 0.29) is 12.6 Å². The zero-order chi connectivity index (χ0) is 15.4. The maximum atomic E-state index is 12.3. The number of carbonyl (C=O) groups is 1. The Labute approximate surface area is 121 Å². The van der Waals surface area contributed by atoms with Crippen molar-refractivity contribution in [3.63, 3.8) is 0 Å². The van der Waals surface area contributed by atoms with Crippen molar-refractivity contribution in [3.05, 3.63) is 0 Å². The number of aliphatic hydroxyl groups excluding tert-OH is 1. The third-order valence-corrected chi connectivity index (χ3v) is 2.92. The van der Waals surface area contributed by atoms with Gasteiger partial charge < -0.3 is 19.3 Å². The van der Waals surface area contributed by atoms with E-state index in [0.29, 0.717) is 26.2 Å². The molecule has 1 rings (SSSR count). The molecule has 0 saturated carbocycles. The molecule has 1 aliphatic rings. The highest BCUT2D eigenvalue weighted by molar-refractivity contribution is 5.69. The summed E-state index contributed by atoms with van der Waals surface area (Å²) in [6, 6.07) is -0.168. The molecule has 1 heterocycles. The van der Waals surface area contributed by atoms with Crippen LogP contribution in [0.15, 0.2) is 0 Å². The van der Waals surface area contributed by atoms with Gasteiger partial charge in [-0.25, -0.2) is 4.79 Å². The summed E-state index contributed by atoms with van der Waals surface area (Å²) in [4.78, 5) is 13.9. The number of amides is 1. The van der Waals surface area contributed by atoms with Crippen molar-refractivity contribution in [2.24, 2.45) is 0 Å². The molecule has 0 spiro atoms. The highest BCUT2D eigenvalue weighted by Gasteiger charge is 2.45. The van der Waals surface area contributed by atoms with Gasteiger partial charge in [-0.2, -0.15) is 0 Å². The first-order valence-corrected chi connectivity index (χ1v) is 7.02. The van der Waals surface area contributed by atoms with Gasteiger partial charge in [-0.3, -0.25) is 4.90 Å². The molecular formula is C14H27NO5. The second-order valence-electron chi connectivity index (χ2n) is 6.41. The molecule has 118 valence electrons. The summed E-state index contributed by atoms with van der Waals surface area (Å²) in [6.45, 7) is 10.5. The predicted molar refractivity (Wildman–Crippen MR) is 74.4 cm³/mol. The molecule has 0 aromatic heterocycles. The van der Waals surface area contributed by atoms with Crippen molar-refractivity contribution >= 4 is 6.09 Å². The standard InChI is InChI=1S/C14H27NO5/c1-13(2,3)20-12(17)15-11(9-18-8-6-7-16)10-19-14(15,4)5/h11,16H,6-10H2,1-5H3/t11-/m1/s1. The largest absolute Gasteiger partial charge is 0.444 e. The molecule has 1 saturated heterocycles. The van der Waals surface area contributed by atoms with Gasteiger partial charge in [-0.05, 0) is 41.0 Å². The van der Waals surface area contributed by atoms with E-state index in [0.717, 1.165) is 0 Å². The zero-order valence-corrected chi connectivity index (χ0v) is 13.1. The molecule has 1 aliphatic heterocycles. The maximum absolute atomic E-state index is 12.3. The van der Waals surface area contributed by atoms with Crippen LogP contribution in [0.25, 0.3) is 0 Å². The van der Waals surface area contributed by atoms with Crippen LogP contribution in [0, 0.1) is 0 Å². The molecule has 0 aliphatic carbocycles. The fourth-order valence-electron chi connectivity index (χ4n) is 2.07. The van der Waals surface area contributed by atoms with Gasteiger partial charge in [-0.15, -0.1) is 0 Å². The molecule has 0 aromatic rings. The Morgan fingerprint density at radius 3 is 2.65 bits per heavy atom. The number of rotatable bonds is 5. The molecule has 6 nitrogen and oxygen atoms in total. The summed E-state index contributed by atoms with van der Waals surface area (Å²) in [5.41, 5.74) is -1.24. The van der Waals surface area contributed by atoms with Gasteiger partial charge in [0.1, 0.15) is 11.3 Å². The van der Waals surface area contributed by atoms with E-state index in [9.17, 15) is 4.79 Å². The van der Waals surface area contributed by atoms with Gasteiger partial charge >= 0.3 is 6.09 Å². The fourth-order valence-corrected chi connectivity index (χ4v) is 2.07. The monoisotopic (exact) mass is 289 g/mol. The SMILES string of the molecule is CC(C)(C)OC(=O)N1[C@H](COCCCO)COC1(C)C. The third kappa shape index (κ3) is 4.92. The topological polar surface area (TPSA) is 68.2 Å². The molecular weight excluding hydrogens is 262 g/mol. The first-order chi connectivity index (χ1) is 9.17. The van der Waals surface area contributed by atoms with Crippen molar-refractivity contribution in [1.82, 2.24) is 4.90 Å². The number of ether oxygens (including phenoxy) is 3. The van der Waals surface area contributed by atoms with Gasteiger partial charge in [-0.1, -0.05) is 0 Å². The van der Waals surface area contributed by atoms with E-state index in [1.54, 1.807) is 4.90 Å². The van der Waals surface area contributed by atoms with Crippen LogP contribution in [0.5, 0.6) is 0 Å². The van der Waals surface area contributed by atoms with Crippen LogP contribution >= 0.6 is 0 Å².